The van der Waals surface area contributed by atoms with Crippen LogP contribution in [0.2, 0.25) is 0 Å². The van der Waals surface area contributed by atoms with Crippen molar-refractivity contribution in [1.29, 1.82) is 0 Å². The molecule has 0 aliphatic carbocycles. The van der Waals surface area contributed by atoms with Crippen LogP contribution in [-0.2, 0) is 21.4 Å². The fourth-order valence-electron chi connectivity index (χ4n) is 1.36. The Morgan fingerprint density at radius 3 is 2.76 bits per heavy atom. The van der Waals surface area contributed by atoms with Gasteiger partial charge < -0.3 is 5.11 Å². The zero-order valence-electron chi connectivity index (χ0n) is 10.7. The molecule has 0 spiro atoms. The summed E-state index contributed by atoms with van der Waals surface area (Å²) in [6.45, 7) is 0.879. The summed E-state index contributed by atoms with van der Waals surface area (Å²) in [5.74, 6) is -1.41. The van der Waals surface area contributed by atoms with E-state index in [0.29, 0.717) is 0 Å². The van der Waals surface area contributed by atoms with E-state index in [1.807, 2.05) is 0 Å². The molecule has 0 aliphatic rings. The molecule has 2 aromatic heterocycles. The van der Waals surface area contributed by atoms with Gasteiger partial charge in [-0.15, -0.1) is 11.3 Å². The maximum absolute atomic E-state index is 12.0. The standard InChI is InChI=1S/C10H10N4O5S2/c1-6(15)8-5-20-10(12-8)13-21(18,19)7-2-11-14(3-7)4-9(16)17/h2-3,5H,4H2,1H3,(H,12,13)(H,16,17). The van der Waals surface area contributed by atoms with Gasteiger partial charge in [0.05, 0.1) is 6.20 Å². The normalized spacial score (nSPS) is 11.3. The molecule has 2 N–H and O–H groups in total. The van der Waals surface area contributed by atoms with E-state index < -0.39 is 22.5 Å². The summed E-state index contributed by atoms with van der Waals surface area (Å²) in [4.78, 5) is 25.3. The van der Waals surface area contributed by atoms with Crippen molar-refractivity contribution >= 4 is 38.2 Å². The summed E-state index contributed by atoms with van der Waals surface area (Å²) < 4.78 is 27.3. The van der Waals surface area contributed by atoms with Crippen molar-refractivity contribution in [2.24, 2.45) is 0 Å². The molecule has 0 aromatic carbocycles. The fourth-order valence-corrected chi connectivity index (χ4v) is 3.32. The summed E-state index contributed by atoms with van der Waals surface area (Å²) in [6, 6.07) is 0. The third kappa shape index (κ3) is 3.64. The van der Waals surface area contributed by atoms with E-state index in [0.717, 1.165) is 28.4 Å². The SMILES string of the molecule is CC(=O)c1csc(NS(=O)(=O)c2cnn(CC(=O)O)c2)n1. The highest BCUT2D eigenvalue weighted by Gasteiger charge is 2.19. The Hall–Kier alpha value is -2.27. The lowest BCUT2D eigenvalue weighted by Crippen LogP contribution is -2.13. The van der Waals surface area contributed by atoms with Gasteiger partial charge >= 0.3 is 5.97 Å². The first-order valence-corrected chi connectivity index (χ1v) is 7.88. The Morgan fingerprint density at radius 1 is 1.48 bits per heavy atom. The number of rotatable bonds is 6. The van der Waals surface area contributed by atoms with Gasteiger partial charge in [0.2, 0.25) is 0 Å². The van der Waals surface area contributed by atoms with E-state index in [9.17, 15) is 18.0 Å². The lowest BCUT2D eigenvalue weighted by Gasteiger charge is -2.01. The predicted molar refractivity (Wildman–Crippen MR) is 72.8 cm³/mol. The van der Waals surface area contributed by atoms with Crippen molar-refractivity contribution < 1.29 is 23.1 Å². The highest BCUT2D eigenvalue weighted by atomic mass is 32.2. The minimum absolute atomic E-state index is 0.0474. The predicted octanol–water partition coefficient (Wildman–Crippen LogP) is 0.428. The number of hydrogen-bond acceptors (Lipinski definition) is 7. The van der Waals surface area contributed by atoms with Gasteiger partial charge in [-0.25, -0.2) is 13.4 Å². The zero-order valence-corrected chi connectivity index (χ0v) is 12.3. The number of Topliss-reactive ketones (excluding diaryl/α,β-unsaturated/α-hetero) is 1. The number of nitrogens with zero attached hydrogens (tertiary/aromatic N) is 3. The second-order valence-corrected chi connectivity index (χ2v) is 6.51. The van der Waals surface area contributed by atoms with Gasteiger partial charge in [0, 0.05) is 18.5 Å². The van der Waals surface area contributed by atoms with Crippen LogP contribution in [0, 0.1) is 0 Å². The molecule has 2 rings (SSSR count). The molecule has 0 atom stereocenters. The second-order valence-electron chi connectivity index (χ2n) is 3.97. The smallest absolute Gasteiger partial charge is 0.325 e. The molecule has 0 bridgehead atoms. The van der Waals surface area contributed by atoms with Gasteiger partial charge in [-0.2, -0.15) is 5.10 Å². The van der Waals surface area contributed by atoms with Gasteiger partial charge in [-0.3, -0.25) is 19.0 Å². The first-order chi connectivity index (χ1) is 9.78. The van der Waals surface area contributed by atoms with Crippen LogP contribution in [0.25, 0.3) is 0 Å². The first kappa shape index (κ1) is 15.1. The number of sulfonamides is 1. The molecular weight excluding hydrogens is 320 g/mol. The Morgan fingerprint density at radius 2 is 2.19 bits per heavy atom. The van der Waals surface area contributed by atoms with Crippen molar-refractivity contribution in [3.63, 3.8) is 0 Å². The van der Waals surface area contributed by atoms with E-state index in [1.54, 1.807) is 0 Å². The molecule has 2 heterocycles. The van der Waals surface area contributed by atoms with Crippen molar-refractivity contribution in [1.82, 2.24) is 14.8 Å². The number of aromatic nitrogens is 3. The minimum Gasteiger partial charge on any atom is -0.480 e. The first-order valence-electron chi connectivity index (χ1n) is 5.51. The van der Waals surface area contributed by atoms with Crippen LogP contribution in [-0.4, -0.2) is 40.0 Å². The Labute approximate surface area is 123 Å². The minimum atomic E-state index is -3.93. The highest BCUT2D eigenvalue weighted by Crippen LogP contribution is 2.20. The van der Waals surface area contributed by atoms with Crippen molar-refractivity contribution in [2.45, 2.75) is 18.4 Å². The van der Waals surface area contributed by atoms with E-state index in [1.165, 1.54) is 12.3 Å². The molecule has 2 aromatic rings. The van der Waals surface area contributed by atoms with Crippen molar-refractivity contribution in [2.75, 3.05) is 4.72 Å². The number of nitrogens with one attached hydrogen (secondary N) is 1. The number of hydrogen-bond donors (Lipinski definition) is 2. The van der Waals surface area contributed by atoms with Crippen LogP contribution >= 0.6 is 11.3 Å². The molecule has 21 heavy (non-hydrogen) atoms. The molecule has 0 amide bonds. The number of carboxylic acids is 1. The van der Waals surface area contributed by atoms with Crippen LogP contribution in [0.4, 0.5) is 5.13 Å². The Kier molecular flexibility index (Phi) is 4.04. The summed E-state index contributed by atoms with van der Waals surface area (Å²) in [5, 5.41) is 13.7. The fraction of sp³-hybridized carbons (Fsp3) is 0.200. The van der Waals surface area contributed by atoms with Crippen LogP contribution < -0.4 is 4.72 Å². The molecule has 0 saturated carbocycles. The Bertz CT molecular complexity index is 792. The van der Waals surface area contributed by atoms with Gasteiger partial charge in [-0.1, -0.05) is 0 Å². The number of ketones is 1. The monoisotopic (exact) mass is 330 g/mol. The molecule has 0 fully saturated rings. The summed E-state index contributed by atoms with van der Waals surface area (Å²) in [7, 11) is -3.93. The molecule has 0 saturated heterocycles. The van der Waals surface area contributed by atoms with Crippen LogP contribution in [0.1, 0.15) is 17.4 Å². The van der Waals surface area contributed by atoms with E-state index >= 15 is 0 Å². The second kappa shape index (κ2) is 5.61. The maximum Gasteiger partial charge on any atom is 0.325 e. The van der Waals surface area contributed by atoms with Gasteiger partial charge in [0.1, 0.15) is 17.1 Å². The number of anilines is 1. The molecule has 0 aliphatic heterocycles. The number of thiazole rings is 1. The van der Waals surface area contributed by atoms with Gasteiger partial charge in [0.15, 0.2) is 10.9 Å². The molecule has 11 heteroatoms. The molecule has 0 radical (unpaired) electrons. The number of aliphatic carboxylic acids is 1. The lowest BCUT2D eigenvalue weighted by molar-refractivity contribution is -0.137. The van der Waals surface area contributed by atoms with Crippen LogP contribution in [0.15, 0.2) is 22.7 Å². The quantitative estimate of drug-likeness (QED) is 0.734. The molecule has 9 nitrogen and oxygen atoms in total. The van der Waals surface area contributed by atoms with Crippen molar-refractivity contribution in [3.8, 4) is 0 Å². The zero-order chi connectivity index (χ0) is 15.6. The molecular formula is C10H10N4O5S2. The summed E-state index contributed by atoms with van der Waals surface area (Å²) in [5.41, 5.74) is 0.166. The third-order valence-electron chi connectivity index (χ3n) is 2.30. The molecule has 0 unspecified atom stereocenters. The average molecular weight is 330 g/mol. The third-order valence-corrected chi connectivity index (χ3v) is 4.48. The summed E-state index contributed by atoms with van der Waals surface area (Å²) in [6.07, 6.45) is 2.13. The van der Waals surface area contributed by atoms with Gasteiger partial charge in [0.25, 0.3) is 10.0 Å². The number of carbonyl (C=O) groups is 2. The average Bonchev–Trinajstić information content (AvgIpc) is 2.97. The molecule has 112 valence electrons. The lowest BCUT2D eigenvalue weighted by atomic mass is 10.4. The Balaban J connectivity index is 2.19. The van der Waals surface area contributed by atoms with E-state index in [-0.39, 0.29) is 21.5 Å². The topological polar surface area (TPSA) is 131 Å². The van der Waals surface area contributed by atoms with E-state index in [4.69, 9.17) is 5.11 Å². The van der Waals surface area contributed by atoms with Crippen LogP contribution in [0.5, 0.6) is 0 Å². The van der Waals surface area contributed by atoms with E-state index in [2.05, 4.69) is 14.8 Å². The number of carboxylic acid groups (broad SMARTS) is 1. The largest absolute Gasteiger partial charge is 0.480 e. The highest BCUT2D eigenvalue weighted by molar-refractivity contribution is 7.93. The van der Waals surface area contributed by atoms with Crippen LogP contribution in [0.3, 0.4) is 0 Å². The maximum atomic E-state index is 12.0. The number of carbonyl (C=O) groups excluding carboxylic acids is 1. The van der Waals surface area contributed by atoms with Crippen molar-refractivity contribution in [3.05, 3.63) is 23.5 Å². The summed E-state index contributed by atoms with van der Waals surface area (Å²) >= 11 is 0.973. The van der Waals surface area contributed by atoms with Gasteiger partial charge in [-0.05, 0) is 0 Å².